The Hall–Kier alpha value is -3.12. The Morgan fingerprint density at radius 1 is 0.885 bits per heavy atom. The molecule has 0 aliphatic heterocycles. The second-order valence-corrected chi connectivity index (χ2v) is 6.26. The molecule has 2 aromatic carbocycles. The molecular formula is C20H16N4OS. The number of fused-ring (bicyclic) bond motifs is 1. The molecule has 4 aromatic rings. The zero-order valence-corrected chi connectivity index (χ0v) is 14.9. The quantitative estimate of drug-likeness (QED) is 0.554. The van der Waals surface area contributed by atoms with E-state index in [1.54, 1.807) is 16.7 Å². The average Bonchev–Trinajstić information content (AvgIpc) is 2.69. The molecule has 0 saturated carbocycles. The second kappa shape index (κ2) is 7.01. The fourth-order valence-corrected chi connectivity index (χ4v) is 3.17. The van der Waals surface area contributed by atoms with Crippen LogP contribution in [-0.4, -0.2) is 20.8 Å². The van der Waals surface area contributed by atoms with E-state index < -0.39 is 0 Å². The number of pyridine rings is 1. The van der Waals surface area contributed by atoms with Crippen LogP contribution < -0.4 is 10.3 Å². The van der Waals surface area contributed by atoms with Gasteiger partial charge >= 0.3 is 0 Å². The normalized spacial score (nSPS) is 10.8. The van der Waals surface area contributed by atoms with Gasteiger partial charge in [0.25, 0.3) is 5.56 Å². The van der Waals surface area contributed by atoms with Crippen molar-refractivity contribution in [2.75, 3.05) is 11.0 Å². The lowest BCUT2D eigenvalue weighted by molar-refractivity contribution is 1.01. The van der Waals surface area contributed by atoms with Gasteiger partial charge < -0.3 is 0 Å². The van der Waals surface area contributed by atoms with Gasteiger partial charge in [-0.15, -0.1) is 0 Å². The van der Waals surface area contributed by atoms with Crippen molar-refractivity contribution in [3.05, 3.63) is 83.2 Å². The summed E-state index contributed by atoms with van der Waals surface area (Å²) in [5.74, 6) is 0.471. The van der Waals surface area contributed by atoms with Crippen molar-refractivity contribution in [2.45, 2.75) is 0 Å². The van der Waals surface area contributed by atoms with E-state index in [4.69, 9.17) is 0 Å². The Labute approximate surface area is 154 Å². The predicted molar refractivity (Wildman–Crippen MR) is 108 cm³/mol. The van der Waals surface area contributed by atoms with E-state index in [1.807, 2.05) is 66.9 Å². The van der Waals surface area contributed by atoms with Gasteiger partial charge in [-0.05, 0) is 18.2 Å². The van der Waals surface area contributed by atoms with Crippen LogP contribution in [0, 0.1) is 0 Å². The minimum absolute atomic E-state index is 0.128. The molecule has 2 aromatic heterocycles. The molecule has 4 rings (SSSR count). The number of para-hydroxylation sites is 1. The minimum Gasteiger partial charge on any atom is -0.298 e. The van der Waals surface area contributed by atoms with Crippen molar-refractivity contribution in [2.24, 2.45) is 0 Å². The highest BCUT2D eigenvalue weighted by atomic mass is 32.2. The summed E-state index contributed by atoms with van der Waals surface area (Å²) in [5.41, 5.74) is 2.99. The van der Waals surface area contributed by atoms with E-state index >= 15 is 0 Å². The third kappa shape index (κ3) is 2.95. The smallest absolute Gasteiger partial charge is 0.256 e. The summed E-state index contributed by atoms with van der Waals surface area (Å²) in [4.78, 5) is 21.9. The van der Waals surface area contributed by atoms with Gasteiger partial charge in [0.05, 0.1) is 11.4 Å². The van der Waals surface area contributed by atoms with Crippen molar-refractivity contribution in [1.29, 1.82) is 0 Å². The molecule has 0 aliphatic carbocycles. The Kier molecular flexibility index (Phi) is 4.41. The maximum Gasteiger partial charge on any atom is 0.256 e. The summed E-state index contributed by atoms with van der Waals surface area (Å²) >= 11 is 1.41. The van der Waals surface area contributed by atoms with Gasteiger partial charge in [0.2, 0.25) is 5.95 Å². The zero-order valence-electron chi connectivity index (χ0n) is 14.1. The monoisotopic (exact) mass is 360 g/mol. The molecule has 1 N–H and O–H groups in total. The highest BCUT2D eigenvalue weighted by Gasteiger charge is 2.14. The molecule has 0 bridgehead atoms. The van der Waals surface area contributed by atoms with Crippen molar-refractivity contribution < 1.29 is 0 Å². The number of nitrogens with zero attached hydrogens (tertiary/aromatic N) is 3. The summed E-state index contributed by atoms with van der Waals surface area (Å²) in [5, 5.41) is 0.825. The van der Waals surface area contributed by atoms with E-state index in [9.17, 15) is 4.79 Å². The predicted octanol–water partition coefficient (Wildman–Crippen LogP) is 4.14. The first-order chi connectivity index (χ1) is 12.8. The van der Waals surface area contributed by atoms with Gasteiger partial charge in [-0.3, -0.25) is 14.1 Å². The van der Waals surface area contributed by atoms with Crippen LogP contribution in [0.1, 0.15) is 0 Å². The largest absolute Gasteiger partial charge is 0.298 e. The van der Waals surface area contributed by atoms with Gasteiger partial charge in [0.15, 0.2) is 5.65 Å². The average molecular weight is 360 g/mol. The van der Waals surface area contributed by atoms with Crippen LogP contribution >= 0.6 is 11.9 Å². The van der Waals surface area contributed by atoms with E-state index in [2.05, 4.69) is 14.7 Å². The van der Waals surface area contributed by atoms with Gasteiger partial charge in [0, 0.05) is 23.3 Å². The third-order valence-corrected chi connectivity index (χ3v) is 4.39. The molecule has 26 heavy (non-hydrogen) atoms. The molecule has 0 saturated heterocycles. The molecule has 5 nitrogen and oxygen atoms in total. The second-order valence-electron chi connectivity index (χ2n) is 5.65. The van der Waals surface area contributed by atoms with Crippen LogP contribution in [0.4, 0.5) is 5.95 Å². The number of rotatable bonds is 4. The maximum atomic E-state index is 12.6. The van der Waals surface area contributed by atoms with Crippen LogP contribution in [0.3, 0.4) is 0 Å². The van der Waals surface area contributed by atoms with Crippen LogP contribution in [0.15, 0.2) is 77.6 Å². The number of hydrogen-bond acceptors (Lipinski definition) is 5. The minimum atomic E-state index is -0.128. The molecule has 2 heterocycles. The van der Waals surface area contributed by atoms with Crippen LogP contribution in [-0.2, 0) is 0 Å². The van der Waals surface area contributed by atoms with Gasteiger partial charge in [-0.2, -0.15) is 4.98 Å². The summed E-state index contributed by atoms with van der Waals surface area (Å²) in [6.07, 6.45) is 1.91. The van der Waals surface area contributed by atoms with Gasteiger partial charge in [-0.25, -0.2) is 4.98 Å². The van der Waals surface area contributed by atoms with E-state index in [1.165, 1.54) is 11.9 Å². The first kappa shape index (κ1) is 16.4. The number of nitrogens with one attached hydrogen (secondary N) is 1. The van der Waals surface area contributed by atoms with Gasteiger partial charge in [-0.1, -0.05) is 60.5 Å². The topological polar surface area (TPSA) is 59.8 Å². The molecule has 0 unspecified atom stereocenters. The van der Waals surface area contributed by atoms with E-state index in [0.29, 0.717) is 11.6 Å². The van der Waals surface area contributed by atoms with Crippen molar-refractivity contribution in [3.8, 4) is 16.9 Å². The summed E-state index contributed by atoms with van der Waals surface area (Å²) in [7, 11) is 0. The Bertz CT molecular complexity index is 1110. The molecule has 0 radical (unpaired) electrons. The van der Waals surface area contributed by atoms with Crippen LogP contribution in [0.5, 0.6) is 0 Å². The zero-order chi connectivity index (χ0) is 17.9. The lowest BCUT2D eigenvalue weighted by atomic mass is 10.1. The van der Waals surface area contributed by atoms with E-state index in [-0.39, 0.29) is 5.56 Å². The molecule has 0 aliphatic rings. The summed E-state index contributed by atoms with van der Waals surface area (Å²) < 4.78 is 4.71. The molecule has 0 atom stereocenters. The fraction of sp³-hybridized carbons (Fsp3) is 0.0500. The molecule has 0 spiro atoms. The molecule has 128 valence electrons. The molecule has 6 heteroatoms. The van der Waals surface area contributed by atoms with E-state index in [0.717, 1.165) is 22.3 Å². The number of aromatic nitrogens is 3. The highest BCUT2D eigenvalue weighted by Crippen LogP contribution is 2.28. The summed E-state index contributed by atoms with van der Waals surface area (Å²) in [6.45, 7) is 0. The van der Waals surface area contributed by atoms with Crippen molar-refractivity contribution >= 4 is 28.9 Å². The molecule has 0 amide bonds. The highest BCUT2D eigenvalue weighted by molar-refractivity contribution is 7.99. The van der Waals surface area contributed by atoms with Crippen molar-refractivity contribution in [3.63, 3.8) is 0 Å². The lowest BCUT2D eigenvalue weighted by Gasteiger charge is -2.13. The van der Waals surface area contributed by atoms with Crippen molar-refractivity contribution in [1.82, 2.24) is 14.5 Å². The number of benzene rings is 2. The SMILES string of the molecule is CSNc1nc(-c2ccccc2)c2ccc(=O)n(-c3ccccc3)c2n1. The number of anilines is 1. The Morgan fingerprint density at radius 2 is 1.58 bits per heavy atom. The molecular weight excluding hydrogens is 344 g/mol. The Balaban J connectivity index is 2.09. The number of hydrogen-bond donors (Lipinski definition) is 1. The fourth-order valence-electron chi connectivity index (χ4n) is 2.89. The first-order valence-electron chi connectivity index (χ1n) is 8.11. The lowest BCUT2D eigenvalue weighted by Crippen LogP contribution is -2.19. The summed E-state index contributed by atoms with van der Waals surface area (Å²) in [6, 6.07) is 22.8. The molecule has 0 fully saturated rings. The first-order valence-corrected chi connectivity index (χ1v) is 9.34. The maximum absolute atomic E-state index is 12.6. The van der Waals surface area contributed by atoms with Gasteiger partial charge in [0.1, 0.15) is 0 Å². The van der Waals surface area contributed by atoms with Crippen LogP contribution in [0.2, 0.25) is 0 Å². The Morgan fingerprint density at radius 3 is 2.27 bits per heavy atom. The van der Waals surface area contributed by atoms with Crippen LogP contribution in [0.25, 0.3) is 28.0 Å². The third-order valence-electron chi connectivity index (χ3n) is 4.01. The standard InChI is InChI=1S/C20H16N4OS/c1-26-23-20-21-18(14-8-4-2-5-9-14)16-12-13-17(25)24(19(16)22-20)15-10-6-3-7-11-15/h2-13H,1H3,(H,21,22,23).